The summed E-state index contributed by atoms with van der Waals surface area (Å²) in [5.74, 6) is 0. The molecule has 0 fully saturated rings. The molecule has 1 aromatic carbocycles. The fourth-order valence-electron chi connectivity index (χ4n) is 0.937. The maximum atomic E-state index is 5.43. The van der Waals surface area contributed by atoms with E-state index in [0.29, 0.717) is 6.61 Å². The second-order valence-corrected chi connectivity index (χ2v) is 4.00. The highest BCUT2D eigenvalue weighted by Gasteiger charge is 1.92. The summed E-state index contributed by atoms with van der Waals surface area (Å²) in [5, 5.41) is 0. The van der Waals surface area contributed by atoms with Crippen molar-refractivity contribution in [3.8, 4) is 0 Å². The maximum absolute atomic E-state index is 5.43. The van der Waals surface area contributed by atoms with Crippen LogP contribution >= 0.6 is 22.6 Å². The van der Waals surface area contributed by atoms with E-state index in [1.807, 2.05) is 6.08 Å². The van der Waals surface area contributed by atoms with Crippen LogP contribution in [0, 0.1) is 3.57 Å². The molecule has 0 amide bonds. The predicted molar refractivity (Wildman–Crippen MR) is 63.6 cm³/mol. The number of rotatable bonds is 5. The monoisotopic (exact) mass is 288 g/mol. The van der Waals surface area contributed by atoms with E-state index in [9.17, 15) is 0 Å². The van der Waals surface area contributed by atoms with Gasteiger partial charge in [-0.3, -0.25) is 0 Å². The van der Waals surface area contributed by atoms with Gasteiger partial charge in [0.05, 0.1) is 13.2 Å². The third kappa shape index (κ3) is 4.43. The van der Waals surface area contributed by atoms with Crippen LogP contribution in [0.2, 0.25) is 0 Å². The Bertz CT molecular complexity index is 253. The van der Waals surface area contributed by atoms with Gasteiger partial charge >= 0.3 is 0 Å². The molecule has 0 saturated heterocycles. The van der Waals surface area contributed by atoms with Crippen molar-refractivity contribution in [1.29, 1.82) is 0 Å². The lowest BCUT2D eigenvalue weighted by molar-refractivity contribution is 0.125. The zero-order valence-electron chi connectivity index (χ0n) is 7.50. The van der Waals surface area contributed by atoms with Crippen molar-refractivity contribution in [2.45, 2.75) is 13.0 Å². The van der Waals surface area contributed by atoms with Crippen molar-refractivity contribution in [1.82, 2.24) is 0 Å². The van der Waals surface area contributed by atoms with Crippen LogP contribution in [0.3, 0.4) is 0 Å². The van der Waals surface area contributed by atoms with Crippen molar-refractivity contribution in [2.24, 2.45) is 0 Å². The minimum absolute atomic E-state index is 0.699. The highest BCUT2D eigenvalue weighted by atomic mass is 127. The van der Waals surface area contributed by atoms with Crippen molar-refractivity contribution in [3.05, 3.63) is 46.1 Å². The molecule has 0 heterocycles. The molecule has 0 N–H and O–H groups in total. The summed E-state index contributed by atoms with van der Waals surface area (Å²) in [4.78, 5) is 0. The van der Waals surface area contributed by atoms with Gasteiger partial charge in [-0.1, -0.05) is 18.2 Å². The van der Waals surface area contributed by atoms with E-state index in [-0.39, 0.29) is 0 Å². The molecule has 2 heteroatoms. The molecule has 0 aliphatic rings. The summed E-state index contributed by atoms with van der Waals surface area (Å²) in [5.41, 5.74) is 1.23. The summed E-state index contributed by atoms with van der Waals surface area (Å²) in [6, 6.07) is 8.37. The average Bonchev–Trinajstić information content (AvgIpc) is 2.15. The molecule has 13 heavy (non-hydrogen) atoms. The molecule has 70 valence electrons. The second kappa shape index (κ2) is 6.16. The highest BCUT2D eigenvalue weighted by molar-refractivity contribution is 14.1. The van der Waals surface area contributed by atoms with Gasteiger partial charge < -0.3 is 4.74 Å². The van der Waals surface area contributed by atoms with E-state index in [2.05, 4.69) is 53.4 Å². The summed E-state index contributed by atoms with van der Waals surface area (Å²) in [7, 11) is 0. The van der Waals surface area contributed by atoms with Gasteiger partial charge in [0.25, 0.3) is 0 Å². The molecule has 0 bridgehead atoms. The van der Waals surface area contributed by atoms with Crippen LogP contribution in [-0.2, 0) is 11.3 Å². The Morgan fingerprint density at radius 1 is 1.31 bits per heavy atom. The number of ether oxygens (including phenoxy) is 1. The lowest BCUT2D eigenvalue weighted by Crippen LogP contribution is -1.93. The Morgan fingerprint density at radius 3 is 2.62 bits per heavy atom. The van der Waals surface area contributed by atoms with Crippen molar-refractivity contribution >= 4 is 22.6 Å². The van der Waals surface area contributed by atoms with Crippen molar-refractivity contribution < 1.29 is 4.74 Å². The summed E-state index contributed by atoms with van der Waals surface area (Å²) in [6.07, 6.45) is 2.79. The molecule has 0 unspecified atom stereocenters. The molecule has 0 spiro atoms. The van der Waals surface area contributed by atoms with E-state index in [4.69, 9.17) is 4.74 Å². The third-order valence-corrected chi connectivity index (χ3v) is 2.37. The van der Waals surface area contributed by atoms with Crippen LogP contribution in [0.1, 0.15) is 12.0 Å². The fourth-order valence-corrected chi connectivity index (χ4v) is 1.30. The van der Waals surface area contributed by atoms with Gasteiger partial charge in [-0.25, -0.2) is 0 Å². The second-order valence-electron chi connectivity index (χ2n) is 2.76. The molecule has 0 aliphatic heterocycles. The Hall–Kier alpha value is -0.350. The molecule has 1 aromatic rings. The molecule has 0 atom stereocenters. The van der Waals surface area contributed by atoms with Crippen molar-refractivity contribution in [2.75, 3.05) is 6.61 Å². The normalized spacial score (nSPS) is 9.92. The molecule has 1 nitrogen and oxygen atoms in total. The fraction of sp³-hybridized carbons (Fsp3) is 0.273. The summed E-state index contributed by atoms with van der Waals surface area (Å²) in [6.45, 7) is 5.09. The Morgan fingerprint density at radius 2 is 2.00 bits per heavy atom. The van der Waals surface area contributed by atoms with Gasteiger partial charge in [-0.05, 0) is 46.7 Å². The lowest BCUT2D eigenvalue weighted by Gasteiger charge is -2.02. The molecule has 0 saturated carbocycles. The summed E-state index contributed by atoms with van der Waals surface area (Å²) < 4.78 is 6.68. The number of hydrogen-bond acceptors (Lipinski definition) is 1. The minimum Gasteiger partial charge on any atom is -0.376 e. The van der Waals surface area contributed by atoms with Gasteiger partial charge in [-0.15, -0.1) is 6.58 Å². The maximum Gasteiger partial charge on any atom is 0.0717 e. The Labute approximate surface area is 92.9 Å². The Kier molecular flexibility index (Phi) is 5.08. The zero-order chi connectivity index (χ0) is 9.52. The first-order chi connectivity index (χ1) is 6.33. The van der Waals surface area contributed by atoms with Gasteiger partial charge in [0.2, 0.25) is 0 Å². The van der Waals surface area contributed by atoms with E-state index in [1.165, 1.54) is 9.13 Å². The van der Waals surface area contributed by atoms with E-state index < -0.39 is 0 Å². The molecule has 1 rings (SSSR count). The predicted octanol–water partition coefficient (Wildman–Crippen LogP) is 3.38. The molecule has 0 aliphatic carbocycles. The first-order valence-corrected chi connectivity index (χ1v) is 5.34. The van der Waals surface area contributed by atoms with E-state index in [0.717, 1.165) is 13.0 Å². The number of halogens is 1. The van der Waals surface area contributed by atoms with Crippen LogP contribution < -0.4 is 0 Å². The van der Waals surface area contributed by atoms with E-state index in [1.54, 1.807) is 0 Å². The molecule has 0 aromatic heterocycles. The minimum atomic E-state index is 0.699. The topological polar surface area (TPSA) is 9.23 Å². The van der Waals surface area contributed by atoms with Crippen LogP contribution in [0.25, 0.3) is 0 Å². The standard InChI is InChI=1S/C11H13IO/c1-2-3-8-13-9-10-4-6-11(12)7-5-10/h2,4-7H,1,3,8-9H2. The van der Waals surface area contributed by atoms with Gasteiger partial charge in [0.15, 0.2) is 0 Å². The Balaban J connectivity index is 2.28. The van der Waals surface area contributed by atoms with E-state index >= 15 is 0 Å². The van der Waals surface area contributed by atoms with Gasteiger partial charge in [-0.2, -0.15) is 0 Å². The number of benzene rings is 1. The van der Waals surface area contributed by atoms with Crippen LogP contribution in [-0.4, -0.2) is 6.61 Å². The largest absolute Gasteiger partial charge is 0.376 e. The first-order valence-electron chi connectivity index (χ1n) is 4.26. The smallest absolute Gasteiger partial charge is 0.0717 e. The number of hydrogen-bond donors (Lipinski definition) is 0. The van der Waals surface area contributed by atoms with Gasteiger partial charge in [0.1, 0.15) is 0 Å². The zero-order valence-corrected chi connectivity index (χ0v) is 9.66. The average molecular weight is 288 g/mol. The first kappa shape index (κ1) is 10.7. The summed E-state index contributed by atoms with van der Waals surface area (Å²) >= 11 is 2.29. The van der Waals surface area contributed by atoms with Crippen LogP contribution in [0.15, 0.2) is 36.9 Å². The van der Waals surface area contributed by atoms with Crippen LogP contribution in [0.5, 0.6) is 0 Å². The SMILES string of the molecule is C=CCCOCc1ccc(I)cc1. The quantitative estimate of drug-likeness (QED) is 0.458. The van der Waals surface area contributed by atoms with Crippen LogP contribution in [0.4, 0.5) is 0 Å². The van der Waals surface area contributed by atoms with Crippen molar-refractivity contribution in [3.63, 3.8) is 0 Å². The molecular formula is C11H13IO. The third-order valence-electron chi connectivity index (χ3n) is 1.65. The molecule has 0 radical (unpaired) electrons. The van der Waals surface area contributed by atoms with Gasteiger partial charge in [0, 0.05) is 3.57 Å². The highest BCUT2D eigenvalue weighted by Crippen LogP contribution is 2.07. The molecular weight excluding hydrogens is 275 g/mol. The lowest BCUT2D eigenvalue weighted by atomic mass is 10.2.